The molecule has 20 heavy (non-hydrogen) atoms. The van der Waals surface area contributed by atoms with Crippen LogP contribution in [0.15, 0.2) is 10.5 Å². The maximum atomic E-state index is 5.90. The lowest BCUT2D eigenvalue weighted by Gasteiger charge is -2.14. The van der Waals surface area contributed by atoms with Crippen molar-refractivity contribution in [2.45, 2.75) is 67.2 Å². The molecule has 0 aliphatic rings. The molecule has 1 rings (SSSR count). The Hall–Kier alpha value is -0.800. The molecule has 0 aliphatic heterocycles. The van der Waals surface area contributed by atoms with Gasteiger partial charge in [0, 0.05) is 5.56 Å². The predicted molar refractivity (Wildman–Crippen MR) is 83.7 cm³/mol. The van der Waals surface area contributed by atoms with Gasteiger partial charge in [-0.1, -0.05) is 27.7 Å². The van der Waals surface area contributed by atoms with E-state index in [0.29, 0.717) is 24.5 Å². The van der Waals surface area contributed by atoms with Crippen LogP contribution < -0.4 is 5.32 Å². The van der Waals surface area contributed by atoms with Crippen LogP contribution in [0.2, 0.25) is 0 Å². The summed E-state index contributed by atoms with van der Waals surface area (Å²) in [6.45, 7) is 15.5. The van der Waals surface area contributed by atoms with Crippen molar-refractivity contribution >= 4 is 0 Å². The molecule has 1 unspecified atom stereocenters. The van der Waals surface area contributed by atoms with Gasteiger partial charge in [-0.05, 0) is 44.7 Å². The molecule has 0 aromatic carbocycles. The Labute approximate surface area is 124 Å². The second kappa shape index (κ2) is 8.48. The number of hydrogen-bond acceptors (Lipinski definition) is 3. The third-order valence-electron chi connectivity index (χ3n) is 3.25. The lowest BCUT2D eigenvalue weighted by Crippen LogP contribution is -2.18. The monoisotopic (exact) mass is 281 g/mol. The summed E-state index contributed by atoms with van der Waals surface area (Å²) < 4.78 is 11.7. The van der Waals surface area contributed by atoms with Crippen molar-refractivity contribution in [1.29, 1.82) is 0 Å². The highest BCUT2D eigenvalue weighted by Crippen LogP contribution is 2.17. The second-order valence-electron chi connectivity index (χ2n) is 6.57. The fourth-order valence-corrected chi connectivity index (χ4v) is 2.27. The highest BCUT2D eigenvalue weighted by atomic mass is 16.5. The number of aryl methyl sites for hydroxylation is 1. The van der Waals surface area contributed by atoms with Gasteiger partial charge in [0.15, 0.2) is 0 Å². The highest BCUT2D eigenvalue weighted by Gasteiger charge is 2.10. The average molecular weight is 281 g/mol. The van der Waals surface area contributed by atoms with E-state index >= 15 is 0 Å². The fourth-order valence-electron chi connectivity index (χ4n) is 2.27. The third-order valence-corrected chi connectivity index (χ3v) is 3.25. The molecule has 3 nitrogen and oxygen atoms in total. The van der Waals surface area contributed by atoms with Gasteiger partial charge >= 0.3 is 0 Å². The number of hydrogen-bond donors (Lipinski definition) is 1. The van der Waals surface area contributed by atoms with Gasteiger partial charge in [-0.3, -0.25) is 0 Å². The zero-order valence-corrected chi connectivity index (χ0v) is 14.0. The molecule has 116 valence electrons. The summed E-state index contributed by atoms with van der Waals surface area (Å²) in [4.78, 5) is 0. The summed E-state index contributed by atoms with van der Waals surface area (Å²) in [5, 5.41) is 3.40. The summed E-state index contributed by atoms with van der Waals surface area (Å²) in [5.74, 6) is 3.30. The Morgan fingerprint density at radius 2 is 1.85 bits per heavy atom. The standard InChI is InChI=1S/C17H31NO2/c1-12(2)7-14(5)19-11-16-8-17(20-15(16)6)10-18-9-13(3)4/h8,12-14,18H,7,9-11H2,1-6H3. The molecule has 3 heteroatoms. The van der Waals surface area contributed by atoms with E-state index < -0.39 is 0 Å². The molecule has 1 atom stereocenters. The Kier molecular flexibility index (Phi) is 7.31. The maximum Gasteiger partial charge on any atom is 0.118 e. The first-order valence-electron chi connectivity index (χ1n) is 7.79. The molecule has 0 saturated carbocycles. The zero-order chi connectivity index (χ0) is 15.1. The fraction of sp³-hybridized carbons (Fsp3) is 0.765. The molecule has 0 radical (unpaired) electrons. The van der Waals surface area contributed by atoms with Crippen molar-refractivity contribution in [3.05, 3.63) is 23.2 Å². The van der Waals surface area contributed by atoms with Gasteiger partial charge in [0.25, 0.3) is 0 Å². The van der Waals surface area contributed by atoms with E-state index in [-0.39, 0.29) is 0 Å². The Morgan fingerprint density at radius 3 is 2.45 bits per heavy atom. The van der Waals surface area contributed by atoms with Crippen LogP contribution in [-0.2, 0) is 17.9 Å². The molecule has 1 aromatic heterocycles. The van der Waals surface area contributed by atoms with Gasteiger partial charge in [0.2, 0.25) is 0 Å². The number of furan rings is 1. The Morgan fingerprint density at radius 1 is 1.15 bits per heavy atom. The molecule has 0 bridgehead atoms. The van der Waals surface area contributed by atoms with Crippen LogP contribution in [0.3, 0.4) is 0 Å². The number of nitrogens with one attached hydrogen (secondary N) is 1. The topological polar surface area (TPSA) is 34.4 Å². The summed E-state index contributed by atoms with van der Waals surface area (Å²) in [6, 6.07) is 2.12. The molecule has 1 aromatic rings. The lowest BCUT2D eigenvalue weighted by atomic mass is 10.1. The largest absolute Gasteiger partial charge is 0.465 e. The molecule has 0 aliphatic carbocycles. The third kappa shape index (κ3) is 6.58. The van der Waals surface area contributed by atoms with E-state index in [1.165, 1.54) is 5.56 Å². The van der Waals surface area contributed by atoms with Gasteiger partial charge in [-0.15, -0.1) is 0 Å². The molecule has 1 N–H and O–H groups in total. The smallest absolute Gasteiger partial charge is 0.118 e. The predicted octanol–water partition coefficient (Wildman–Crippen LogP) is 4.28. The van der Waals surface area contributed by atoms with Crippen LogP contribution >= 0.6 is 0 Å². The van der Waals surface area contributed by atoms with Gasteiger partial charge < -0.3 is 14.5 Å². The van der Waals surface area contributed by atoms with Crippen LogP contribution in [0.1, 0.15) is 58.1 Å². The Bertz CT molecular complexity index is 382. The summed E-state index contributed by atoms with van der Waals surface area (Å²) in [5.41, 5.74) is 1.17. The van der Waals surface area contributed by atoms with Crippen molar-refractivity contribution in [3.63, 3.8) is 0 Å². The molecule has 0 spiro atoms. The van der Waals surface area contributed by atoms with Gasteiger partial charge in [0.1, 0.15) is 11.5 Å². The highest BCUT2D eigenvalue weighted by molar-refractivity contribution is 5.19. The number of rotatable bonds is 9. The van der Waals surface area contributed by atoms with E-state index in [9.17, 15) is 0 Å². The number of ether oxygens (including phenoxy) is 1. The Balaban J connectivity index is 2.41. The first kappa shape index (κ1) is 17.3. The first-order valence-corrected chi connectivity index (χ1v) is 7.79. The van der Waals surface area contributed by atoms with Gasteiger partial charge in [-0.2, -0.15) is 0 Å². The van der Waals surface area contributed by atoms with Crippen LogP contribution in [0, 0.1) is 18.8 Å². The minimum atomic E-state index is 0.298. The average Bonchev–Trinajstić information content (AvgIpc) is 2.66. The molecule has 0 saturated heterocycles. The van der Waals surface area contributed by atoms with Crippen LogP contribution in [0.25, 0.3) is 0 Å². The van der Waals surface area contributed by atoms with E-state index in [1.54, 1.807) is 0 Å². The molecular weight excluding hydrogens is 250 g/mol. The summed E-state index contributed by atoms with van der Waals surface area (Å²) in [7, 11) is 0. The van der Waals surface area contributed by atoms with Crippen LogP contribution in [-0.4, -0.2) is 12.6 Å². The first-order chi connectivity index (χ1) is 9.38. The minimum absolute atomic E-state index is 0.298. The molecule has 0 amide bonds. The van der Waals surface area contributed by atoms with Crippen LogP contribution in [0.5, 0.6) is 0 Å². The SMILES string of the molecule is Cc1oc(CNCC(C)C)cc1COC(C)CC(C)C. The second-order valence-corrected chi connectivity index (χ2v) is 6.57. The van der Waals surface area contributed by atoms with E-state index in [0.717, 1.165) is 31.0 Å². The van der Waals surface area contributed by atoms with Gasteiger partial charge in [0.05, 0.1) is 19.3 Å². The van der Waals surface area contributed by atoms with Crippen molar-refractivity contribution in [2.24, 2.45) is 11.8 Å². The normalized spacial score (nSPS) is 13.4. The van der Waals surface area contributed by atoms with Crippen molar-refractivity contribution < 1.29 is 9.15 Å². The van der Waals surface area contributed by atoms with Crippen LogP contribution in [0.4, 0.5) is 0 Å². The van der Waals surface area contributed by atoms with E-state index in [2.05, 4.69) is 46.0 Å². The molecular formula is C17H31NO2. The van der Waals surface area contributed by atoms with Crippen molar-refractivity contribution in [3.8, 4) is 0 Å². The van der Waals surface area contributed by atoms with Crippen molar-refractivity contribution in [2.75, 3.05) is 6.54 Å². The minimum Gasteiger partial charge on any atom is -0.465 e. The summed E-state index contributed by atoms with van der Waals surface area (Å²) >= 11 is 0. The molecule has 1 heterocycles. The lowest BCUT2D eigenvalue weighted by molar-refractivity contribution is 0.0391. The van der Waals surface area contributed by atoms with Gasteiger partial charge in [-0.25, -0.2) is 0 Å². The maximum absolute atomic E-state index is 5.90. The van der Waals surface area contributed by atoms with Crippen molar-refractivity contribution in [1.82, 2.24) is 5.32 Å². The quantitative estimate of drug-likeness (QED) is 0.733. The zero-order valence-electron chi connectivity index (χ0n) is 14.0. The molecule has 0 fully saturated rings. The van der Waals surface area contributed by atoms with E-state index in [4.69, 9.17) is 9.15 Å². The summed E-state index contributed by atoms with van der Waals surface area (Å²) in [6.07, 6.45) is 1.39. The van der Waals surface area contributed by atoms with E-state index in [1.807, 2.05) is 6.92 Å².